The van der Waals surface area contributed by atoms with Gasteiger partial charge in [-0.2, -0.15) is 10.1 Å². The van der Waals surface area contributed by atoms with Gasteiger partial charge >= 0.3 is 11.8 Å². The van der Waals surface area contributed by atoms with Crippen LogP contribution in [0.25, 0.3) is 10.8 Å². The largest absolute Gasteiger partial charge is 0.507 e. The molecule has 9 atom stereocenters. The number of ether oxygens (including phenoxy) is 7. The van der Waals surface area contributed by atoms with E-state index in [4.69, 9.17) is 44.6 Å². The average Bonchev–Trinajstić information content (AvgIpc) is 3.91. The Morgan fingerprint density at radius 3 is 2.14 bits per heavy atom. The van der Waals surface area contributed by atoms with Gasteiger partial charge in [0.05, 0.1) is 74.3 Å². The minimum absolute atomic E-state index is 0.0559. The molecule has 10 N–H and O–H groups in total. The smallest absolute Gasteiger partial charge is 0.312 e. The van der Waals surface area contributed by atoms with Gasteiger partial charge in [0.25, 0.3) is 11.7 Å². The van der Waals surface area contributed by atoms with E-state index < -0.39 is 88.8 Å². The molecule has 8 rings (SSSR count). The standard InChI is InChI=1S/C43H58N4O12.C14H18N4O3/c1-21-12-11-13-22(2)42(55)45-33-28(20-44-47-17-15-46(9)16-18-47)37(52)30-31(38(33)53)36(51)26(6)40-32(30)41(54)43(8,59-40)57-19-14-29(56-10)23(3)39(58-27(7)48)25(5)35(50)24(4)34(21)49;1-19-10-5-8(6-11(20-2)12(10)21-3)4-9-7-17-14(16)18-13(9)15/h11-14,19-21,23-25,29,34-35,39,49-53H,15-18H2,1-10H3,(H,45,55);5-7H,4H2,1-3H3,(H4,15,16,17,18)/b12-11+,19-14+,22-13+,44-20+;/t21-,23+,24+,25+,29-,34-,35+,39+,43-;/m0./s1. The van der Waals surface area contributed by atoms with Crippen molar-refractivity contribution in [3.63, 3.8) is 0 Å². The fourth-order valence-electron chi connectivity index (χ4n) is 9.95. The number of nitrogens with one attached hydrogen (secondary N) is 1. The topological polar surface area (TPSA) is 326 Å². The lowest BCUT2D eigenvalue weighted by Crippen LogP contribution is -2.46. The molecule has 23 nitrogen and oxygen atoms in total. The van der Waals surface area contributed by atoms with E-state index in [1.54, 1.807) is 72.4 Å². The number of carbonyl (C=O) groups is 3. The lowest BCUT2D eigenvalue weighted by molar-refractivity contribution is -0.160. The fraction of sp³-hybridized carbons (Fsp3) is 0.474. The molecular formula is C57H76N8O15. The Kier molecular flexibility index (Phi) is 19.9. The van der Waals surface area contributed by atoms with Crippen LogP contribution in [0.1, 0.15) is 81.1 Å². The number of amides is 1. The quantitative estimate of drug-likeness (QED) is 0.0438. The van der Waals surface area contributed by atoms with Crippen LogP contribution in [0.3, 0.4) is 0 Å². The van der Waals surface area contributed by atoms with Crippen LogP contribution < -0.4 is 35.7 Å². The molecule has 1 aromatic heterocycles. The third-order valence-electron chi connectivity index (χ3n) is 14.9. The summed E-state index contributed by atoms with van der Waals surface area (Å²) < 4.78 is 39.5. The molecule has 5 bridgehead atoms. The van der Waals surface area contributed by atoms with Crippen molar-refractivity contribution >= 4 is 52.1 Å². The normalized spacial score (nSPS) is 26.3. The Labute approximate surface area is 465 Å². The van der Waals surface area contributed by atoms with Gasteiger partial charge in [-0.1, -0.05) is 45.9 Å². The predicted octanol–water partition coefficient (Wildman–Crippen LogP) is 5.59. The lowest BCUT2D eigenvalue weighted by atomic mass is 9.78. The SMILES string of the molecule is CO[C@H]1/C=C/O[C@@]2(C)Oc3c(C)c(O)c4c(O)c(c(/C=N/N5CCN(C)CC5)c(O)c4c3C2=O)NC(=O)/C(C)=C/C=C/[C@H](C)[C@H](O)[C@@H](C)[C@@H](O)[C@@H](C)[C@H](OC(C)=O)[C@@H]1C.COc1cc(Cc2cnc(N)nc2N)cc(OC)c1OC. The third-order valence-corrected chi connectivity index (χ3v) is 14.9. The van der Waals surface area contributed by atoms with Gasteiger partial charge in [-0.25, -0.2) is 4.98 Å². The number of phenolic OH excluding ortho intramolecular Hbond substituents is 3. The first-order valence-electron chi connectivity index (χ1n) is 26.0. The van der Waals surface area contributed by atoms with Gasteiger partial charge in [-0.3, -0.25) is 19.4 Å². The number of esters is 1. The first-order valence-corrected chi connectivity index (χ1v) is 26.0. The minimum Gasteiger partial charge on any atom is -0.507 e. The van der Waals surface area contributed by atoms with E-state index in [0.29, 0.717) is 42.6 Å². The second kappa shape index (κ2) is 25.9. The molecule has 0 saturated carbocycles. The number of methoxy groups -OCH3 is 4. The van der Waals surface area contributed by atoms with E-state index in [2.05, 4.69) is 25.3 Å². The summed E-state index contributed by atoms with van der Waals surface area (Å²) in [7, 11) is 8.12. The summed E-state index contributed by atoms with van der Waals surface area (Å²) in [4.78, 5) is 50.5. The maximum Gasteiger partial charge on any atom is 0.312 e. The van der Waals surface area contributed by atoms with Crippen LogP contribution in [0.4, 0.5) is 17.5 Å². The van der Waals surface area contributed by atoms with Crippen LogP contribution in [0.5, 0.6) is 40.2 Å². The highest BCUT2D eigenvalue weighted by Crippen LogP contribution is 2.55. The molecule has 23 heteroatoms. The number of aromatic nitrogens is 2. The number of ketones is 1. The monoisotopic (exact) mass is 1110 g/mol. The van der Waals surface area contributed by atoms with E-state index >= 15 is 0 Å². The molecule has 1 saturated heterocycles. The number of aliphatic hydroxyl groups excluding tert-OH is 2. The number of aliphatic hydroxyl groups is 2. The van der Waals surface area contributed by atoms with Crippen LogP contribution >= 0.6 is 0 Å². The molecule has 1 amide bonds. The zero-order chi connectivity index (χ0) is 59.1. The van der Waals surface area contributed by atoms with Gasteiger partial charge in [-0.05, 0) is 44.7 Å². The number of aromatic hydroxyl groups is 3. The number of likely N-dealkylation sites (N-methyl/N-ethyl adjacent to an activating group) is 1. The maximum absolute atomic E-state index is 14.4. The van der Waals surface area contributed by atoms with E-state index in [0.717, 1.165) is 24.2 Å². The van der Waals surface area contributed by atoms with E-state index in [-0.39, 0.29) is 50.4 Å². The molecule has 4 aliphatic heterocycles. The van der Waals surface area contributed by atoms with Crippen LogP contribution in [-0.2, 0) is 30.2 Å². The number of anilines is 3. The van der Waals surface area contributed by atoms with Crippen molar-refractivity contribution in [2.45, 2.75) is 92.0 Å². The number of hydrazone groups is 1. The second-order valence-corrected chi connectivity index (χ2v) is 20.5. The van der Waals surface area contributed by atoms with Crippen molar-refractivity contribution in [2.24, 2.45) is 28.8 Å². The van der Waals surface area contributed by atoms with Crippen molar-refractivity contribution in [2.75, 3.05) is 78.5 Å². The number of rotatable bonds is 9. The van der Waals surface area contributed by atoms with Crippen molar-refractivity contribution in [3.8, 4) is 40.2 Å². The summed E-state index contributed by atoms with van der Waals surface area (Å²) in [5.41, 5.74) is 12.7. The van der Waals surface area contributed by atoms with Gasteiger partial charge in [0.2, 0.25) is 11.7 Å². The first kappa shape index (κ1) is 61.4. The minimum atomic E-state index is -2.04. The molecule has 0 radical (unpaired) electrons. The molecule has 434 valence electrons. The summed E-state index contributed by atoms with van der Waals surface area (Å²) in [5, 5.41) is 66.8. The zero-order valence-electron chi connectivity index (χ0n) is 47.6. The Morgan fingerprint density at radius 2 is 1.55 bits per heavy atom. The van der Waals surface area contributed by atoms with Gasteiger partial charge in [0.15, 0.2) is 17.2 Å². The van der Waals surface area contributed by atoms with Gasteiger partial charge < -0.3 is 80.4 Å². The number of phenols is 3. The van der Waals surface area contributed by atoms with Crippen molar-refractivity contribution in [1.82, 2.24) is 19.9 Å². The highest BCUT2D eigenvalue weighted by molar-refractivity contribution is 6.24. The van der Waals surface area contributed by atoms with Crippen molar-refractivity contribution in [1.29, 1.82) is 0 Å². The van der Waals surface area contributed by atoms with E-state index in [9.17, 15) is 39.9 Å². The molecule has 4 aromatic rings. The van der Waals surface area contributed by atoms with E-state index in [1.165, 1.54) is 59.4 Å². The number of fused-ring (bicyclic) bond motifs is 14. The highest BCUT2D eigenvalue weighted by atomic mass is 16.7. The second-order valence-electron chi connectivity index (χ2n) is 20.5. The van der Waals surface area contributed by atoms with Crippen LogP contribution in [0, 0.1) is 30.6 Å². The number of nitrogens with two attached hydrogens (primary N) is 2. The Bertz CT molecular complexity index is 3040. The molecule has 0 unspecified atom stereocenters. The molecule has 0 spiro atoms. The molecule has 4 aliphatic rings. The van der Waals surface area contributed by atoms with Gasteiger partial charge in [0, 0.05) is 106 Å². The Balaban J connectivity index is 0.000000410. The molecule has 3 aromatic carbocycles. The molecule has 5 heterocycles. The molecular weight excluding hydrogens is 1040 g/mol. The number of nitrogen functional groups attached to an aromatic ring is 2. The van der Waals surface area contributed by atoms with E-state index in [1.807, 2.05) is 19.2 Å². The van der Waals surface area contributed by atoms with Crippen molar-refractivity contribution < 1.29 is 73.1 Å². The summed E-state index contributed by atoms with van der Waals surface area (Å²) in [6.45, 7) is 15.1. The summed E-state index contributed by atoms with van der Waals surface area (Å²) in [6, 6.07) is 3.72. The fourth-order valence-corrected chi connectivity index (χ4v) is 9.95. The number of carbonyl (C=O) groups excluding carboxylic acids is 3. The summed E-state index contributed by atoms with van der Waals surface area (Å²) in [6.07, 6.45) is 7.00. The highest BCUT2D eigenvalue weighted by Gasteiger charge is 2.50. The number of hydrogen-bond donors (Lipinski definition) is 8. The molecule has 0 aliphatic carbocycles. The van der Waals surface area contributed by atoms with Gasteiger partial charge in [0.1, 0.15) is 29.2 Å². The summed E-state index contributed by atoms with van der Waals surface area (Å²) >= 11 is 0. The number of allylic oxidation sites excluding steroid dienone is 2. The number of nitrogens with zero attached hydrogens (tertiary/aromatic N) is 5. The Hall–Kier alpha value is -7.86. The zero-order valence-corrected chi connectivity index (χ0v) is 47.6. The number of Topliss-reactive ketones (excluding diaryl/α,β-unsaturated/α-hetero) is 1. The number of piperazine rings is 1. The lowest BCUT2D eigenvalue weighted by Gasteiger charge is -2.38. The van der Waals surface area contributed by atoms with Crippen LogP contribution in [-0.4, -0.2) is 161 Å². The number of hydrogen-bond acceptors (Lipinski definition) is 22. The molecule has 80 heavy (non-hydrogen) atoms. The maximum atomic E-state index is 14.4. The summed E-state index contributed by atoms with van der Waals surface area (Å²) in [5.74, 6) is -6.11. The van der Waals surface area contributed by atoms with Crippen LogP contribution in [0.15, 0.2) is 59.6 Å². The number of benzene rings is 3. The third kappa shape index (κ3) is 13.1. The molecule has 1 fully saturated rings. The predicted molar refractivity (Wildman–Crippen MR) is 300 cm³/mol. The first-order chi connectivity index (χ1) is 37.8. The Morgan fingerprint density at radius 1 is 0.900 bits per heavy atom. The van der Waals surface area contributed by atoms with Crippen molar-refractivity contribution in [3.05, 3.63) is 82.3 Å². The average molecular weight is 1110 g/mol. The van der Waals surface area contributed by atoms with Crippen LogP contribution in [0.2, 0.25) is 0 Å². The van der Waals surface area contributed by atoms with Gasteiger partial charge in [-0.15, -0.1) is 0 Å².